The number of H-pyrrole nitrogens is 1. The summed E-state index contributed by atoms with van der Waals surface area (Å²) in [5.74, 6) is 0.503. The number of nitriles is 1. The van der Waals surface area contributed by atoms with Crippen LogP contribution in [-0.4, -0.2) is 4.98 Å². The second-order valence-electron chi connectivity index (χ2n) is 3.44. The van der Waals surface area contributed by atoms with E-state index >= 15 is 0 Å². The van der Waals surface area contributed by atoms with E-state index in [1.165, 1.54) is 0 Å². The lowest BCUT2D eigenvalue weighted by molar-refractivity contribution is 0.634. The summed E-state index contributed by atoms with van der Waals surface area (Å²) in [6, 6.07) is 5.19. The van der Waals surface area contributed by atoms with Crippen molar-refractivity contribution in [1.29, 1.82) is 5.26 Å². The van der Waals surface area contributed by atoms with Gasteiger partial charge in [-0.15, -0.1) is 0 Å². The van der Waals surface area contributed by atoms with Crippen molar-refractivity contribution in [2.45, 2.75) is 20.3 Å². The Labute approximate surface area is 77.0 Å². The molecular weight excluding hydrogens is 164 g/mol. The lowest BCUT2D eigenvalue weighted by atomic mass is 10.1. The molecule has 1 heterocycles. The van der Waals surface area contributed by atoms with E-state index in [2.05, 4.69) is 18.8 Å². The van der Waals surface area contributed by atoms with Crippen LogP contribution in [0.5, 0.6) is 0 Å². The highest BCUT2D eigenvalue weighted by atomic mass is 16.1. The Hall–Kier alpha value is -1.56. The fraction of sp³-hybridized carbons (Fsp3) is 0.400. The van der Waals surface area contributed by atoms with Gasteiger partial charge in [0, 0.05) is 5.69 Å². The van der Waals surface area contributed by atoms with E-state index in [1.54, 1.807) is 12.1 Å². The molecule has 0 aromatic carbocycles. The van der Waals surface area contributed by atoms with E-state index in [0.29, 0.717) is 5.92 Å². The number of rotatable bonds is 2. The van der Waals surface area contributed by atoms with Gasteiger partial charge in [-0.2, -0.15) is 5.26 Å². The molecule has 0 saturated carbocycles. The standard InChI is InChI=1S/C10H12N2O/c1-7(2)5-9-4-3-8(6-11)10(13)12-9/h3-4,7H,5H2,1-2H3,(H,12,13). The molecule has 0 aliphatic heterocycles. The normalized spacial score (nSPS) is 10.0. The molecule has 3 heteroatoms. The minimum Gasteiger partial charge on any atom is -0.325 e. The Morgan fingerprint density at radius 1 is 1.54 bits per heavy atom. The molecule has 1 rings (SSSR count). The lowest BCUT2D eigenvalue weighted by Crippen LogP contribution is -2.13. The maximum absolute atomic E-state index is 11.2. The number of aromatic amines is 1. The van der Waals surface area contributed by atoms with E-state index in [4.69, 9.17) is 5.26 Å². The van der Waals surface area contributed by atoms with Crippen molar-refractivity contribution in [2.75, 3.05) is 0 Å². The monoisotopic (exact) mass is 176 g/mol. The molecule has 0 spiro atoms. The van der Waals surface area contributed by atoms with E-state index in [-0.39, 0.29) is 11.1 Å². The zero-order valence-electron chi connectivity index (χ0n) is 7.79. The van der Waals surface area contributed by atoms with Gasteiger partial charge in [-0.1, -0.05) is 13.8 Å². The van der Waals surface area contributed by atoms with Crippen molar-refractivity contribution < 1.29 is 0 Å². The minimum atomic E-state index is -0.291. The highest BCUT2D eigenvalue weighted by Crippen LogP contribution is 2.03. The molecule has 1 aromatic rings. The summed E-state index contributed by atoms with van der Waals surface area (Å²) in [5, 5.41) is 8.52. The van der Waals surface area contributed by atoms with Crippen LogP contribution in [-0.2, 0) is 6.42 Å². The highest BCUT2D eigenvalue weighted by Gasteiger charge is 2.01. The van der Waals surface area contributed by atoms with Crippen LogP contribution in [0.3, 0.4) is 0 Å². The molecule has 0 unspecified atom stereocenters. The van der Waals surface area contributed by atoms with Crippen LogP contribution in [0.1, 0.15) is 25.1 Å². The van der Waals surface area contributed by atoms with Gasteiger partial charge in [0.25, 0.3) is 5.56 Å². The molecule has 0 bridgehead atoms. The molecule has 0 fully saturated rings. The van der Waals surface area contributed by atoms with Crippen molar-refractivity contribution in [3.8, 4) is 6.07 Å². The first-order valence-corrected chi connectivity index (χ1v) is 4.25. The summed E-state index contributed by atoms with van der Waals surface area (Å²) >= 11 is 0. The third-order valence-electron chi connectivity index (χ3n) is 1.72. The third-order valence-corrected chi connectivity index (χ3v) is 1.72. The lowest BCUT2D eigenvalue weighted by Gasteiger charge is -2.03. The van der Waals surface area contributed by atoms with Crippen molar-refractivity contribution >= 4 is 0 Å². The highest BCUT2D eigenvalue weighted by molar-refractivity contribution is 5.26. The average molecular weight is 176 g/mol. The average Bonchev–Trinajstić information content (AvgIpc) is 2.03. The van der Waals surface area contributed by atoms with Gasteiger partial charge in [-0.3, -0.25) is 4.79 Å². The fourth-order valence-corrected chi connectivity index (χ4v) is 1.16. The predicted molar refractivity (Wildman–Crippen MR) is 50.3 cm³/mol. The first-order valence-electron chi connectivity index (χ1n) is 4.25. The Bertz CT molecular complexity index is 385. The Balaban J connectivity index is 2.98. The van der Waals surface area contributed by atoms with E-state index in [0.717, 1.165) is 12.1 Å². The Morgan fingerprint density at radius 2 is 2.23 bits per heavy atom. The summed E-state index contributed by atoms with van der Waals surface area (Å²) in [6.45, 7) is 4.16. The summed E-state index contributed by atoms with van der Waals surface area (Å²) in [5.41, 5.74) is 0.771. The van der Waals surface area contributed by atoms with Crippen LogP contribution in [0, 0.1) is 17.2 Å². The van der Waals surface area contributed by atoms with Crippen molar-refractivity contribution in [2.24, 2.45) is 5.92 Å². The molecule has 68 valence electrons. The number of aromatic nitrogens is 1. The van der Waals surface area contributed by atoms with Gasteiger partial charge in [-0.25, -0.2) is 0 Å². The molecule has 0 radical (unpaired) electrons. The maximum atomic E-state index is 11.2. The van der Waals surface area contributed by atoms with Gasteiger partial charge in [0.15, 0.2) is 0 Å². The van der Waals surface area contributed by atoms with Crippen molar-refractivity contribution in [3.05, 3.63) is 33.7 Å². The molecule has 0 aliphatic carbocycles. The van der Waals surface area contributed by atoms with Gasteiger partial charge in [0.05, 0.1) is 0 Å². The van der Waals surface area contributed by atoms with Gasteiger partial charge < -0.3 is 4.98 Å². The topological polar surface area (TPSA) is 56.6 Å². The van der Waals surface area contributed by atoms with Gasteiger partial charge in [0.1, 0.15) is 11.6 Å². The van der Waals surface area contributed by atoms with Gasteiger partial charge in [-0.05, 0) is 24.5 Å². The minimum absolute atomic E-state index is 0.174. The summed E-state index contributed by atoms with van der Waals surface area (Å²) < 4.78 is 0. The quantitative estimate of drug-likeness (QED) is 0.741. The zero-order chi connectivity index (χ0) is 9.84. The first kappa shape index (κ1) is 9.53. The molecule has 1 aromatic heterocycles. The molecule has 0 atom stereocenters. The molecular formula is C10H12N2O. The predicted octanol–water partition coefficient (Wildman–Crippen LogP) is 1.45. The first-order chi connectivity index (χ1) is 6.13. The third kappa shape index (κ3) is 2.45. The summed E-state index contributed by atoms with van der Waals surface area (Å²) in [7, 11) is 0. The van der Waals surface area contributed by atoms with Gasteiger partial charge >= 0.3 is 0 Å². The van der Waals surface area contributed by atoms with E-state index in [1.807, 2.05) is 6.07 Å². The fourth-order valence-electron chi connectivity index (χ4n) is 1.16. The van der Waals surface area contributed by atoms with Crippen molar-refractivity contribution in [3.63, 3.8) is 0 Å². The second-order valence-corrected chi connectivity index (χ2v) is 3.44. The number of nitrogens with one attached hydrogen (secondary N) is 1. The largest absolute Gasteiger partial charge is 0.325 e. The van der Waals surface area contributed by atoms with Crippen LogP contribution in [0.25, 0.3) is 0 Å². The molecule has 1 N–H and O–H groups in total. The Kier molecular flexibility index (Phi) is 2.86. The van der Waals surface area contributed by atoms with Crippen LogP contribution in [0.15, 0.2) is 16.9 Å². The van der Waals surface area contributed by atoms with Crippen molar-refractivity contribution in [1.82, 2.24) is 4.98 Å². The molecule has 0 aliphatic rings. The van der Waals surface area contributed by atoms with Crippen LogP contribution >= 0.6 is 0 Å². The maximum Gasteiger partial charge on any atom is 0.266 e. The van der Waals surface area contributed by atoms with E-state index in [9.17, 15) is 4.79 Å². The summed E-state index contributed by atoms with van der Waals surface area (Å²) in [6.07, 6.45) is 0.834. The van der Waals surface area contributed by atoms with Crippen LogP contribution < -0.4 is 5.56 Å². The SMILES string of the molecule is CC(C)Cc1ccc(C#N)c(=O)[nH]1. The van der Waals surface area contributed by atoms with Crippen LogP contribution in [0.2, 0.25) is 0 Å². The van der Waals surface area contributed by atoms with Crippen LogP contribution in [0.4, 0.5) is 0 Å². The molecule has 13 heavy (non-hydrogen) atoms. The number of pyridine rings is 1. The number of nitrogens with zero attached hydrogens (tertiary/aromatic N) is 1. The summed E-state index contributed by atoms with van der Waals surface area (Å²) in [4.78, 5) is 13.9. The molecule has 0 saturated heterocycles. The molecule has 3 nitrogen and oxygen atoms in total. The number of hydrogen-bond donors (Lipinski definition) is 1. The molecule has 0 amide bonds. The van der Waals surface area contributed by atoms with E-state index < -0.39 is 0 Å². The van der Waals surface area contributed by atoms with Gasteiger partial charge in [0.2, 0.25) is 0 Å². The zero-order valence-corrected chi connectivity index (χ0v) is 7.79. The Morgan fingerprint density at radius 3 is 2.69 bits per heavy atom. The number of hydrogen-bond acceptors (Lipinski definition) is 2. The second kappa shape index (κ2) is 3.90. The smallest absolute Gasteiger partial charge is 0.266 e.